The van der Waals surface area contributed by atoms with Crippen LogP contribution in [0.15, 0.2) is 48.5 Å². The Hall–Kier alpha value is -2.24. The van der Waals surface area contributed by atoms with E-state index < -0.39 is 6.04 Å². The van der Waals surface area contributed by atoms with E-state index in [1.165, 1.54) is 0 Å². The van der Waals surface area contributed by atoms with Crippen molar-refractivity contribution in [2.45, 2.75) is 51.2 Å². The number of nitrogens with one attached hydrogen (secondary N) is 1. The summed E-state index contributed by atoms with van der Waals surface area (Å²) < 4.78 is 5.62. The molecule has 0 aliphatic heterocycles. The van der Waals surface area contributed by atoms with Gasteiger partial charge < -0.3 is 15.0 Å². The fraction of sp³-hybridized carbons (Fsp3) is 0.391. The topological polar surface area (TPSA) is 58.6 Å². The Morgan fingerprint density at radius 2 is 1.83 bits per heavy atom. The zero-order valence-corrected chi connectivity index (χ0v) is 18.5. The Kier molecular flexibility index (Phi) is 8.00. The number of carbonyl (C=O) groups excluding carboxylic acids is 2. The van der Waals surface area contributed by atoms with E-state index in [-0.39, 0.29) is 24.5 Å². The minimum atomic E-state index is -0.623. The predicted molar refractivity (Wildman–Crippen MR) is 119 cm³/mol. The van der Waals surface area contributed by atoms with E-state index in [4.69, 9.17) is 27.9 Å². The third kappa shape index (κ3) is 6.13. The lowest BCUT2D eigenvalue weighted by Crippen LogP contribution is -2.50. The summed E-state index contributed by atoms with van der Waals surface area (Å²) >= 11 is 12.0. The molecule has 5 nitrogen and oxygen atoms in total. The minimum absolute atomic E-state index is 0.143. The first-order valence-corrected chi connectivity index (χ1v) is 10.9. The Morgan fingerprint density at radius 3 is 2.50 bits per heavy atom. The van der Waals surface area contributed by atoms with Gasteiger partial charge in [0.1, 0.15) is 11.8 Å². The fourth-order valence-electron chi connectivity index (χ4n) is 3.57. The molecule has 0 spiro atoms. The largest absolute Gasteiger partial charge is 0.482 e. The van der Waals surface area contributed by atoms with E-state index in [0.29, 0.717) is 22.3 Å². The zero-order chi connectivity index (χ0) is 21.5. The van der Waals surface area contributed by atoms with Gasteiger partial charge in [-0.25, -0.2) is 0 Å². The molecule has 0 saturated heterocycles. The van der Waals surface area contributed by atoms with E-state index in [2.05, 4.69) is 5.32 Å². The molecule has 1 atom stereocenters. The molecule has 0 unspecified atom stereocenters. The standard InChI is InChI=1S/C23H26Cl2N2O3/c1-16(23(29)26-19-9-5-6-10-19)27(14-17-7-3-2-4-8-17)22(28)15-30-21-12-11-18(24)13-20(21)25/h2-4,7-8,11-13,16,19H,5-6,9-10,14-15H2,1H3,(H,26,29)/t16-/m0/s1. The van der Waals surface area contributed by atoms with Gasteiger partial charge in [-0.2, -0.15) is 0 Å². The van der Waals surface area contributed by atoms with Crippen molar-refractivity contribution in [3.8, 4) is 5.75 Å². The van der Waals surface area contributed by atoms with Gasteiger partial charge in [-0.15, -0.1) is 0 Å². The number of benzene rings is 2. The molecule has 2 amide bonds. The van der Waals surface area contributed by atoms with Crippen molar-refractivity contribution >= 4 is 35.0 Å². The third-order valence-corrected chi connectivity index (χ3v) is 5.84. The average Bonchev–Trinajstić information content (AvgIpc) is 3.24. The van der Waals surface area contributed by atoms with Crippen LogP contribution >= 0.6 is 23.2 Å². The number of hydrogen-bond donors (Lipinski definition) is 1. The maximum absolute atomic E-state index is 13.0. The van der Waals surface area contributed by atoms with Crippen molar-refractivity contribution in [3.63, 3.8) is 0 Å². The number of hydrogen-bond acceptors (Lipinski definition) is 3. The van der Waals surface area contributed by atoms with Gasteiger partial charge in [-0.05, 0) is 43.5 Å². The van der Waals surface area contributed by atoms with Crippen LogP contribution in [0.25, 0.3) is 0 Å². The second-order valence-electron chi connectivity index (χ2n) is 7.54. The number of halogens is 2. The second kappa shape index (κ2) is 10.7. The monoisotopic (exact) mass is 448 g/mol. The van der Waals surface area contributed by atoms with E-state index in [9.17, 15) is 9.59 Å². The van der Waals surface area contributed by atoms with Crippen molar-refractivity contribution in [3.05, 3.63) is 64.1 Å². The molecule has 1 aliphatic rings. The smallest absolute Gasteiger partial charge is 0.261 e. The molecule has 1 fully saturated rings. The maximum Gasteiger partial charge on any atom is 0.261 e. The Bertz CT molecular complexity index is 870. The fourth-order valence-corrected chi connectivity index (χ4v) is 4.03. The van der Waals surface area contributed by atoms with Crippen molar-refractivity contribution in [2.75, 3.05) is 6.61 Å². The highest BCUT2D eigenvalue weighted by molar-refractivity contribution is 6.35. The van der Waals surface area contributed by atoms with Gasteiger partial charge in [0.25, 0.3) is 5.91 Å². The van der Waals surface area contributed by atoms with Crippen LogP contribution in [0.1, 0.15) is 38.2 Å². The van der Waals surface area contributed by atoms with Crippen LogP contribution in [-0.2, 0) is 16.1 Å². The van der Waals surface area contributed by atoms with Crippen LogP contribution in [0.4, 0.5) is 0 Å². The van der Waals surface area contributed by atoms with Gasteiger partial charge in [0.05, 0.1) is 5.02 Å². The molecule has 1 saturated carbocycles. The summed E-state index contributed by atoms with van der Waals surface area (Å²) in [5.41, 5.74) is 0.941. The van der Waals surface area contributed by atoms with Crippen molar-refractivity contribution in [1.82, 2.24) is 10.2 Å². The summed E-state index contributed by atoms with van der Waals surface area (Å²) in [7, 11) is 0. The molecule has 0 heterocycles. The SMILES string of the molecule is C[C@@H](C(=O)NC1CCCC1)N(Cc1ccccc1)C(=O)COc1ccc(Cl)cc1Cl. The van der Waals surface area contributed by atoms with Gasteiger partial charge in [0.15, 0.2) is 6.61 Å². The molecule has 7 heteroatoms. The normalized spacial score (nSPS) is 14.9. The molecule has 0 radical (unpaired) electrons. The molecule has 30 heavy (non-hydrogen) atoms. The molecule has 1 N–H and O–H groups in total. The zero-order valence-electron chi connectivity index (χ0n) is 16.9. The molecule has 2 aromatic rings. The molecule has 3 rings (SSSR count). The minimum Gasteiger partial charge on any atom is -0.482 e. The predicted octanol–water partition coefficient (Wildman–Crippen LogP) is 4.85. The van der Waals surface area contributed by atoms with Crippen molar-refractivity contribution < 1.29 is 14.3 Å². The highest BCUT2D eigenvalue weighted by Gasteiger charge is 2.28. The van der Waals surface area contributed by atoms with Crippen molar-refractivity contribution in [2.24, 2.45) is 0 Å². The third-order valence-electron chi connectivity index (χ3n) is 5.31. The Labute approximate surface area is 187 Å². The van der Waals surface area contributed by atoms with E-state index in [0.717, 1.165) is 31.2 Å². The second-order valence-corrected chi connectivity index (χ2v) is 8.38. The highest BCUT2D eigenvalue weighted by Crippen LogP contribution is 2.27. The first-order chi connectivity index (χ1) is 14.4. The van der Waals surface area contributed by atoms with E-state index >= 15 is 0 Å². The average molecular weight is 449 g/mol. The summed E-state index contributed by atoms with van der Waals surface area (Å²) in [4.78, 5) is 27.4. The lowest BCUT2D eigenvalue weighted by Gasteiger charge is -2.29. The molecule has 0 aromatic heterocycles. The van der Waals surface area contributed by atoms with Crippen LogP contribution in [0.5, 0.6) is 5.75 Å². The van der Waals surface area contributed by atoms with Gasteiger partial charge in [-0.3, -0.25) is 9.59 Å². The van der Waals surface area contributed by atoms with Gasteiger partial charge in [-0.1, -0.05) is 66.4 Å². The molecular formula is C23H26Cl2N2O3. The van der Waals surface area contributed by atoms with Crippen LogP contribution < -0.4 is 10.1 Å². The summed E-state index contributed by atoms with van der Waals surface area (Å²) in [5.74, 6) is -0.0632. The summed E-state index contributed by atoms with van der Waals surface area (Å²) in [5, 5.41) is 3.90. The number of nitrogens with zero attached hydrogens (tertiary/aromatic N) is 1. The van der Waals surface area contributed by atoms with Gasteiger partial charge in [0, 0.05) is 17.6 Å². The van der Waals surface area contributed by atoms with Crippen LogP contribution in [0.3, 0.4) is 0 Å². The lowest BCUT2D eigenvalue weighted by atomic mass is 10.1. The van der Waals surface area contributed by atoms with Crippen LogP contribution in [0, 0.1) is 0 Å². The Balaban J connectivity index is 1.70. The molecule has 2 aromatic carbocycles. The van der Waals surface area contributed by atoms with Gasteiger partial charge in [0.2, 0.25) is 5.91 Å². The maximum atomic E-state index is 13.0. The summed E-state index contributed by atoms with van der Waals surface area (Å²) in [6.07, 6.45) is 4.23. The van der Waals surface area contributed by atoms with Gasteiger partial charge >= 0.3 is 0 Å². The summed E-state index contributed by atoms with van der Waals surface area (Å²) in [6.45, 7) is 1.84. The van der Waals surface area contributed by atoms with E-state index in [1.807, 2.05) is 30.3 Å². The first-order valence-electron chi connectivity index (χ1n) is 10.2. The number of amides is 2. The number of ether oxygens (including phenoxy) is 1. The summed E-state index contributed by atoms with van der Waals surface area (Å²) in [6, 6.07) is 14.0. The molecular weight excluding hydrogens is 423 g/mol. The van der Waals surface area contributed by atoms with Crippen molar-refractivity contribution in [1.29, 1.82) is 0 Å². The van der Waals surface area contributed by atoms with Crippen LogP contribution in [0.2, 0.25) is 10.0 Å². The lowest BCUT2D eigenvalue weighted by molar-refractivity contribution is -0.142. The Morgan fingerprint density at radius 1 is 1.13 bits per heavy atom. The molecule has 1 aliphatic carbocycles. The first kappa shape index (κ1) is 22.4. The van der Waals surface area contributed by atoms with E-state index in [1.54, 1.807) is 30.0 Å². The molecule has 160 valence electrons. The number of rotatable bonds is 8. The quantitative estimate of drug-likeness (QED) is 0.627. The highest BCUT2D eigenvalue weighted by atomic mass is 35.5. The molecule has 0 bridgehead atoms. The van der Waals surface area contributed by atoms with Crippen LogP contribution in [-0.4, -0.2) is 35.4 Å². The number of carbonyl (C=O) groups is 2.